The lowest BCUT2D eigenvalue weighted by molar-refractivity contribution is -0.109. The number of ether oxygens (including phenoxy) is 1. The Labute approximate surface area is 310 Å². The number of carbonyl (C=O) groups is 2. The molecule has 1 aromatic heterocycles. The molecule has 0 fully saturated rings. The number of hydrogen-bond acceptors (Lipinski definition) is 8. The topological polar surface area (TPSA) is 128 Å². The maximum atomic E-state index is 16.0. The molecule has 0 aliphatic heterocycles. The van der Waals surface area contributed by atoms with E-state index in [0.29, 0.717) is 70.0 Å². The molecular weight excluding hydrogens is 659 g/mol. The van der Waals surface area contributed by atoms with Crippen LogP contribution in [0.25, 0.3) is 16.7 Å². The fraction of sp³-hybridized carbons (Fsp3) is 0.415. The molecule has 0 spiro atoms. The van der Waals surface area contributed by atoms with Gasteiger partial charge in [-0.2, -0.15) is 5.10 Å². The summed E-state index contributed by atoms with van der Waals surface area (Å²) >= 11 is 0. The quantitative estimate of drug-likeness (QED) is 0.0522. The number of aromatic nitrogens is 1. The molecule has 0 saturated heterocycles. The fourth-order valence-electron chi connectivity index (χ4n) is 4.74. The van der Waals surface area contributed by atoms with Gasteiger partial charge in [-0.15, -0.1) is 0 Å². The molecular formula is C41H59FN6O4. The molecule has 0 bridgehead atoms. The SMILES string of the molecule is C=C(/C=C(\CO)Nc1ccc(C(=O)NCCN(C)C)cn1)c1cccc(-c2c(F)cc(C(C)(C)C)cc2/C=N\NC=O)c1COCC.CC.CCC. The van der Waals surface area contributed by atoms with Crippen molar-refractivity contribution in [2.75, 3.05) is 45.7 Å². The van der Waals surface area contributed by atoms with E-state index in [-0.39, 0.29) is 24.5 Å². The van der Waals surface area contributed by atoms with E-state index in [4.69, 9.17) is 4.74 Å². The minimum atomic E-state index is -0.445. The molecule has 1 heterocycles. The van der Waals surface area contributed by atoms with Crippen molar-refractivity contribution in [1.29, 1.82) is 0 Å². The number of carbonyl (C=O) groups excluding carboxylic acids is 2. The van der Waals surface area contributed by atoms with Gasteiger partial charge in [0.15, 0.2) is 0 Å². The number of hydrazone groups is 1. The molecule has 284 valence electrons. The van der Waals surface area contributed by atoms with Gasteiger partial charge >= 0.3 is 0 Å². The Morgan fingerprint density at radius 3 is 2.37 bits per heavy atom. The number of amides is 2. The summed E-state index contributed by atoms with van der Waals surface area (Å²) in [6.07, 6.45) is 6.27. The Morgan fingerprint density at radius 1 is 1.12 bits per heavy atom. The number of pyridine rings is 1. The van der Waals surface area contributed by atoms with Gasteiger partial charge in [0, 0.05) is 42.7 Å². The second-order valence-electron chi connectivity index (χ2n) is 12.8. The molecule has 0 radical (unpaired) electrons. The zero-order valence-electron chi connectivity index (χ0n) is 32.7. The molecule has 10 nitrogen and oxygen atoms in total. The number of anilines is 1. The second-order valence-corrected chi connectivity index (χ2v) is 12.8. The van der Waals surface area contributed by atoms with Gasteiger partial charge < -0.3 is 25.4 Å². The molecule has 11 heteroatoms. The van der Waals surface area contributed by atoms with E-state index in [1.165, 1.54) is 24.9 Å². The summed E-state index contributed by atoms with van der Waals surface area (Å²) in [5, 5.41) is 20.1. The van der Waals surface area contributed by atoms with Crippen molar-refractivity contribution in [3.8, 4) is 11.1 Å². The summed E-state index contributed by atoms with van der Waals surface area (Å²) in [7, 11) is 3.86. The first-order valence-corrected chi connectivity index (χ1v) is 17.7. The third-order valence-electron chi connectivity index (χ3n) is 7.24. The van der Waals surface area contributed by atoms with E-state index in [2.05, 4.69) is 46.6 Å². The highest BCUT2D eigenvalue weighted by molar-refractivity contribution is 5.94. The zero-order valence-corrected chi connectivity index (χ0v) is 32.7. The molecule has 0 aliphatic rings. The lowest BCUT2D eigenvalue weighted by atomic mass is 9.83. The first kappa shape index (κ1) is 45.3. The number of likely N-dealkylation sites (N-methyl/N-ethyl adjacent to an activating group) is 1. The van der Waals surface area contributed by atoms with E-state index in [1.807, 2.05) is 78.7 Å². The van der Waals surface area contributed by atoms with Crippen LogP contribution in [0.3, 0.4) is 0 Å². The average Bonchev–Trinajstić information content (AvgIpc) is 3.11. The predicted molar refractivity (Wildman–Crippen MR) is 213 cm³/mol. The maximum Gasteiger partial charge on any atom is 0.252 e. The average molecular weight is 719 g/mol. The molecule has 0 saturated carbocycles. The molecule has 3 aromatic rings. The van der Waals surface area contributed by atoms with Crippen LogP contribution in [0.1, 0.15) is 94.4 Å². The molecule has 2 amide bonds. The van der Waals surface area contributed by atoms with E-state index < -0.39 is 5.82 Å². The van der Waals surface area contributed by atoms with Crippen LogP contribution < -0.4 is 16.1 Å². The van der Waals surface area contributed by atoms with E-state index in [0.717, 1.165) is 12.1 Å². The zero-order chi connectivity index (χ0) is 39.3. The van der Waals surface area contributed by atoms with Crippen LogP contribution in [0.4, 0.5) is 10.2 Å². The summed E-state index contributed by atoms with van der Waals surface area (Å²) < 4.78 is 21.9. The largest absolute Gasteiger partial charge is 0.390 e. The summed E-state index contributed by atoms with van der Waals surface area (Å²) in [6, 6.07) is 12.2. The van der Waals surface area contributed by atoms with Crippen molar-refractivity contribution < 1.29 is 23.8 Å². The third kappa shape index (κ3) is 14.5. The predicted octanol–water partition coefficient (Wildman–Crippen LogP) is 7.54. The first-order valence-electron chi connectivity index (χ1n) is 17.7. The van der Waals surface area contributed by atoms with Crippen LogP contribution in [-0.4, -0.2) is 73.9 Å². The summed E-state index contributed by atoms with van der Waals surface area (Å²) in [5.74, 6) is -0.238. The Balaban J connectivity index is 0.00000256. The van der Waals surface area contributed by atoms with Crippen LogP contribution in [0.2, 0.25) is 0 Å². The number of nitrogens with zero attached hydrogens (tertiary/aromatic N) is 3. The van der Waals surface area contributed by atoms with Gasteiger partial charge in [0.1, 0.15) is 11.6 Å². The van der Waals surface area contributed by atoms with E-state index in [9.17, 15) is 14.7 Å². The smallest absolute Gasteiger partial charge is 0.252 e. The molecule has 2 aromatic carbocycles. The number of aliphatic hydroxyl groups is 1. The van der Waals surface area contributed by atoms with Crippen molar-refractivity contribution in [2.45, 2.75) is 73.8 Å². The normalized spacial score (nSPS) is 11.3. The highest BCUT2D eigenvalue weighted by Crippen LogP contribution is 2.37. The minimum absolute atomic E-state index is 0.167. The number of halogens is 1. The van der Waals surface area contributed by atoms with Crippen molar-refractivity contribution in [1.82, 2.24) is 20.6 Å². The Morgan fingerprint density at radius 2 is 1.81 bits per heavy atom. The standard InChI is InChI=1S/C36H45FN6O4.C3H8.C2H6/c1-8-47-22-31-29(10-9-11-30(31)34-26(20-40-41-23-45)17-27(18-32(34)37)36(3,4)5)24(2)16-28(21-44)42-33-13-12-25(19-39-33)35(46)38-14-15-43(6)7;1-3-2;1-2/h9-13,16-20,23,44H,2,8,14-15,21-22H2,1,3-7H3,(H,38,46)(H,39,42)(H,41,45);3H2,1-2H3;1-2H3/b28-16+,40-20-;;. The number of aliphatic hydroxyl groups excluding tert-OH is 1. The summed E-state index contributed by atoms with van der Waals surface area (Å²) in [5.41, 5.74) is 6.81. The van der Waals surface area contributed by atoms with Gasteiger partial charge in [-0.3, -0.25) is 9.59 Å². The van der Waals surface area contributed by atoms with Crippen molar-refractivity contribution in [3.63, 3.8) is 0 Å². The Hall–Kier alpha value is -4.71. The van der Waals surface area contributed by atoms with E-state index >= 15 is 4.39 Å². The van der Waals surface area contributed by atoms with Gasteiger partial charge in [0.2, 0.25) is 6.41 Å². The highest BCUT2D eigenvalue weighted by Gasteiger charge is 2.22. The number of allylic oxidation sites excluding steroid dienone is 2. The van der Waals surface area contributed by atoms with Gasteiger partial charge in [-0.25, -0.2) is 14.8 Å². The summed E-state index contributed by atoms with van der Waals surface area (Å²) in [4.78, 5) is 29.6. The third-order valence-corrected chi connectivity index (χ3v) is 7.24. The molecule has 4 N–H and O–H groups in total. The fourth-order valence-corrected chi connectivity index (χ4v) is 4.74. The lowest BCUT2D eigenvalue weighted by Crippen LogP contribution is -2.31. The van der Waals surface area contributed by atoms with Crippen LogP contribution in [0, 0.1) is 5.82 Å². The molecule has 0 unspecified atom stereocenters. The molecule has 0 atom stereocenters. The Kier molecular flexibility index (Phi) is 20.7. The lowest BCUT2D eigenvalue weighted by Gasteiger charge is -2.23. The van der Waals surface area contributed by atoms with Crippen molar-refractivity contribution >= 4 is 29.9 Å². The van der Waals surface area contributed by atoms with Crippen LogP contribution in [-0.2, 0) is 21.6 Å². The van der Waals surface area contributed by atoms with Crippen LogP contribution >= 0.6 is 0 Å². The molecule has 0 aliphatic carbocycles. The molecule has 3 rings (SSSR count). The number of rotatable bonds is 16. The van der Waals surface area contributed by atoms with Crippen LogP contribution in [0.5, 0.6) is 0 Å². The van der Waals surface area contributed by atoms with Gasteiger partial charge in [0.05, 0.1) is 25.0 Å². The monoisotopic (exact) mass is 718 g/mol. The number of benzene rings is 2. The summed E-state index contributed by atoms with van der Waals surface area (Å²) in [6.45, 7) is 21.8. The van der Waals surface area contributed by atoms with Gasteiger partial charge in [-0.1, -0.05) is 79.7 Å². The van der Waals surface area contributed by atoms with Crippen molar-refractivity contribution in [2.24, 2.45) is 5.10 Å². The van der Waals surface area contributed by atoms with Gasteiger partial charge in [-0.05, 0) is 84.6 Å². The van der Waals surface area contributed by atoms with Crippen LogP contribution in [0.15, 0.2) is 72.1 Å². The number of nitrogens with one attached hydrogen (secondary N) is 3. The first-order chi connectivity index (χ1) is 24.8. The van der Waals surface area contributed by atoms with E-state index in [1.54, 1.807) is 24.3 Å². The van der Waals surface area contributed by atoms with Gasteiger partial charge in [0.25, 0.3) is 5.91 Å². The second kappa shape index (κ2) is 23.7. The number of hydrogen-bond donors (Lipinski definition) is 4. The highest BCUT2D eigenvalue weighted by atomic mass is 19.1. The Bertz CT molecular complexity index is 1630. The molecule has 52 heavy (non-hydrogen) atoms. The maximum absolute atomic E-state index is 16.0. The minimum Gasteiger partial charge on any atom is -0.390 e. The van der Waals surface area contributed by atoms with Crippen molar-refractivity contribution in [3.05, 3.63) is 101 Å².